The number of para-hydroxylation sites is 2. The Hall–Kier alpha value is -2.56. The Morgan fingerprint density at radius 2 is 1.24 bits per heavy atom. The first-order valence-corrected chi connectivity index (χ1v) is 5.08. The number of phenolic OH excluding ortho intramolecular Hbond substituents is 1. The number of phenols is 1. The van der Waals surface area contributed by atoms with Gasteiger partial charge in [0, 0.05) is 27.7 Å². The number of hydrogen-bond donors (Lipinski definition) is 3. The van der Waals surface area contributed by atoms with Crippen LogP contribution >= 0.6 is 0 Å². The van der Waals surface area contributed by atoms with Gasteiger partial charge in [0.25, 0.3) is 0 Å². The molecule has 1 heterocycles. The minimum atomic E-state index is 0.0237. The minimum Gasteiger partial charge on any atom is -0.508 e. The summed E-state index contributed by atoms with van der Waals surface area (Å²) in [6, 6.07) is 11.2. The van der Waals surface area contributed by atoms with Crippen molar-refractivity contribution in [2.24, 2.45) is 0 Å². The zero-order valence-electron chi connectivity index (χ0n) is 8.78. The molecule has 0 radical (unpaired) electrons. The molecule has 2 aromatic carbocycles. The zero-order valence-corrected chi connectivity index (χ0v) is 8.78. The Morgan fingerprint density at radius 1 is 0.706 bits per heavy atom. The molecule has 0 saturated heterocycles. The van der Waals surface area contributed by atoms with Gasteiger partial charge in [-0.05, 0) is 6.07 Å². The van der Waals surface area contributed by atoms with Gasteiger partial charge in [-0.15, -0.1) is 0 Å². The average Bonchev–Trinajstić information content (AvgIpc) is 2.36. The minimum absolute atomic E-state index is 0.0237. The monoisotopic (exact) mass is 230 g/mol. The number of benzene rings is 2. The van der Waals surface area contributed by atoms with Crippen molar-refractivity contribution in [2.75, 3.05) is 0 Å². The summed E-state index contributed by atoms with van der Waals surface area (Å²) in [7, 11) is 0. The Morgan fingerprint density at radius 3 is 1.88 bits per heavy atom. The maximum atomic E-state index is 10.0. The third-order valence-corrected chi connectivity index (χ3v) is 2.75. The molecule has 3 N–H and O–H groups in total. The van der Waals surface area contributed by atoms with Crippen molar-refractivity contribution in [2.45, 2.75) is 0 Å². The van der Waals surface area contributed by atoms with Crippen LogP contribution in [-0.2, 0) is 0 Å². The van der Waals surface area contributed by atoms with Gasteiger partial charge in [0.15, 0.2) is 0 Å². The topological polar surface area (TPSA) is 68.5 Å². The highest BCUT2D eigenvalue weighted by atomic mass is 16.5. The van der Waals surface area contributed by atoms with Crippen molar-refractivity contribution in [3.05, 3.63) is 42.5 Å². The number of aromatic nitrogens is 2. The van der Waals surface area contributed by atoms with E-state index in [4.69, 9.17) is 0 Å². The Balaban J connectivity index is 2.63. The molecule has 3 rings (SSSR count). The molecule has 0 amide bonds. The molecule has 0 saturated carbocycles. The fourth-order valence-corrected chi connectivity index (χ4v) is 1.94. The van der Waals surface area contributed by atoms with Crippen LogP contribution in [-0.4, -0.2) is 15.5 Å². The van der Waals surface area contributed by atoms with Crippen LogP contribution in [0.25, 0.3) is 22.1 Å². The number of fused-ring (bicyclic) bond motifs is 2. The molecule has 0 fully saturated rings. The summed E-state index contributed by atoms with van der Waals surface area (Å²) >= 11 is 0. The summed E-state index contributed by atoms with van der Waals surface area (Å²) < 4.78 is 1.92. The molecular formula is C12H10N2O3+2. The van der Waals surface area contributed by atoms with Crippen molar-refractivity contribution >= 4 is 22.1 Å². The zero-order chi connectivity index (χ0) is 12.0. The van der Waals surface area contributed by atoms with Crippen molar-refractivity contribution in [1.29, 1.82) is 0 Å². The van der Waals surface area contributed by atoms with Gasteiger partial charge >= 0.3 is 22.1 Å². The number of aromatic hydroxyl groups is 1. The van der Waals surface area contributed by atoms with Gasteiger partial charge < -0.3 is 5.11 Å². The van der Waals surface area contributed by atoms with Crippen LogP contribution < -0.4 is 9.46 Å². The van der Waals surface area contributed by atoms with Crippen LogP contribution in [0.15, 0.2) is 42.5 Å². The molecule has 0 aliphatic rings. The van der Waals surface area contributed by atoms with E-state index in [2.05, 4.69) is 0 Å². The SMILES string of the molecule is Oc1ccc2c(c1)[n+](O)c1ccccc1[n+]2O. The lowest BCUT2D eigenvalue weighted by molar-refractivity contribution is -0.894. The van der Waals surface area contributed by atoms with E-state index in [1.165, 1.54) is 18.2 Å². The van der Waals surface area contributed by atoms with E-state index in [0.29, 0.717) is 22.1 Å². The van der Waals surface area contributed by atoms with Gasteiger partial charge in [0.2, 0.25) is 0 Å². The lowest BCUT2D eigenvalue weighted by atomic mass is 10.2. The summed E-state index contributed by atoms with van der Waals surface area (Å²) in [5.41, 5.74) is 1.66. The largest absolute Gasteiger partial charge is 0.508 e. The Kier molecular flexibility index (Phi) is 1.82. The van der Waals surface area contributed by atoms with E-state index >= 15 is 0 Å². The smallest absolute Gasteiger partial charge is 0.337 e. The molecular weight excluding hydrogens is 220 g/mol. The van der Waals surface area contributed by atoms with Gasteiger partial charge in [-0.25, -0.2) is 0 Å². The van der Waals surface area contributed by atoms with Crippen molar-refractivity contribution in [3.63, 3.8) is 0 Å². The van der Waals surface area contributed by atoms with E-state index in [1.807, 2.05) is 0 Å². The van der Waals surface area contributed by atoms with Crippen molar-refractivity contribution in [1.82, 2.24) is 0 Å². The van der Waals surface area contributed by atoms with E-state index in [1.54, 1.807) is 24.3 Å². The van der Waals surface area contributed by atoms with Crippen LogP contribution in [0.1, 0.15) is 0 Å². The first-order chi connectivity index (χ1) is 8.18. The fourth-order valence-electron chi connectivity index (χ4n) is 1.94. The summed E-state index contributed by atoms with van der Waals surface area (Å²) in [5, 5.41) is 29.5. The number of hydrogen-bond acceptors (Lipinski definition) is 3. The second-order valence-electron chi connectivity index (χ2n) is 3.79. The lowest BCUT2D eigenvalue weighted by Gasteiger charge is -1.96. The summed E-state index contributed by atoms with van der Waals surface area (Å²) in [5.74, 6) is 0.0237. The maximum absolute atomic E-state index is 10.0. The summed E-state index contributed by atoms with van der Waals surface area (Å²) in [4.78, 5) is 0. The third kappa shape index (κ3) is 1.25. The van der Waals surface area contributed by atoms with Gasteiger partial charge in [-0.3, -0.25) is 10.4 Å². The van der Waals surface area contributed by atoms with Crippen LogP contribution in [0.5, 0.6) is 5.75 Å². The predicted molar refractivity (Wildman–Crippen MR) is 57.9 cm³/mol. The third-order valence-electron chi connectivity index (χ3n) is 2.75. The molecule has 0 aliphatic heterocycles. The van der Waals surface area contributed by atoms with Crippen LogP contribution in [0, 0.1) is 0 Å². The summed E-state index contributed by atoms with van der Waals surface area (Å²) in [6.07, 6.45) is 0. The fraction of sp³-hybridized carbons (Fsp3) is 0. The first kappa shape index (κ1) is 9.65. The van der Waals surface area contributed by atoms with E-state index in [-0.39, 0.29) is 5.75 Å². The second-order valence-corrected chi connectivity index (χ2v) is 3.79. The predicted octanol–water partition coefficient (Wildman–Crippen LogP) is 0.748. The molecule has 3 aromatic rings. The normalized spacial score (nSPS) is 11.1. The van der Waals surface area contributed by atoms with Crippen LogP contribution in [0.2, 0.25) is 0 Å². The van der Waals surface area contributed by atoms with Gasteiger partial charge in [0.1, 0.15) is 5.75 Å². The molecule has 5 heteroatoms. The standard InChI is InChI=1S/C12H9N2O3/c15-8-5-6-11-12(7-8)14(17)10-4-2-1-3-9(10)13(11)16/h1-7,17H,(H,15,16)/q+1/p+1. The highest BCUT2D eigenvalue weighted by Crippen LogP contribution is 2.16. The average molecular weight is 230 g/mol. The highest BCUT2D eigenvalue weighted by molar-refractivity contribution is 5.76. The Bertz CT molecular complexity index is 740. The van der Waals surface area contributed by atoms with Crippen LogP contribution in [0.4, 0.5) is 0 Å². The first-order valence-electron chi connectivity index (χ1n) is 5.08. The Labute approximate surface area is 95.9 Å². The van der Waals surface area contributed by atoms with E-state index in [0.717, 1.165) is 9.46 Å². The maximum Gasteiger partial charge on any atom is 0.337 e. The molecule has 5 nitrogen and oxygen atoms in total. The van der Waals surface area contributed by atoms with E-state index < -0.39 is 0 Å². The summed E-state index contributed by atoms with van der Waals surface area (Å²) in [6.45, 7) is 0. The number of rotatable bonds is 0. The van der Waals surface area contributed by atoms with Gasteiger partial charge in [0.05, 0.1) is 6.07 Å². The van der Waals surface area contributed by atoms with Crippen molar-refractivity contribution in [3.8, 4) is 5.75 Å². The molecule has 0 spiro atoms. The van der Waals surface area contributed by atoms with E-state index in [9.17, 15) is 15.5 Å². The lowest BCUT2D eigenvalue weighted by Crippen LogP contribution is -2.42. The highest BCUT2D eigenvalue weighted by Gasteiger charge is 2.27. The second kappa shape index (κ2) is 3.21. The molecule has 0 unspecified atom stereocenters. The molecule has 0 bridgehead atoms. The molecule has 17 heavy (non-hydrogen) atoms. The van der Waals surface area contributed by atoms with Gasteiger partial charge in [-0.2, -0.15) is 0 Å². The number of nitrogens with zero attached hydrogens (tertiary/aromatic N) is 2. The molecule has 84 valence electrons. The van der Waals surface area contributed by atoms with Gasteiger partial charge in [-0.1, -0.05) is 12.1 Å². The molecule has 0 atom stereocenters. The quantitative estimate of drug-likeness (QED) is 0.303. The van der Waals surface area contributed by atoms with Crippen molar-refractivity contribution < 1.29 is 25.0 Å². The molecule has 0 aliphatic carbocycles. The molecule has 1 aromatic heterocycles. The van der Waals surface area contributed by atoms with Crippen LogP contribution in [0.3, 0.4) is 0 Å².